The molecule has 0 radical (unpaired) electrons. The summed E-state index contributed by atoms with van der Waals surface area (Å²) in [5, 5.41) is 8.56. The van der Waals surface area contributed by atoms with Crippen LogP contribution in [0.2, 0.25) is 5.02 Å². The van der Waals surface area contributed by atoms with Gasteiger partial charge in [-0.3, -0.25) is 9.67 Å². The minimum absolute atomic E-state index is 0.132. The fourth-order valence-electron chi connectivity index (χ4n) is 2.35. The summed E-state index contributed by atoms with van der Waals surface area (Å²) in [7, 11) is 3.89. The van der Waals surface area contributed by atoms with Crippen molar-refractivity contribution in [2.24, 2.45) is 7.05 Å². The molecule has 2 aromatic heterocycles. The van der Waals surface area contributed by atoms with E-state index in [-0.39, 0.29) is 6.04 Å². The maximum atomic E-state index is 6.42. The van der Waals surface area contributed by atoms with Gasteiger partial charge < -0.3 is 5.32 Å². The van der Waals surface area contributed by atoms with Gasteiger partial charge in [-0.1, -0.05) is 24.6 Å². The van der Waals surface area contributed by atoms with Gasteiger partial charge >= 0.3 is 0 Å². The third-order valence-electron chi connectivity index (χ3n) is 3.52. The average Bonchev–Trinajstić information content (AvgIpc) is 2.71. The summed E-state index contributed by atoms with van der Waals surface area (Å²) in [5.41, 5.74) is 4.05. The Labute approximate surface area is 125 Å². The lowest BCUT2D eigenvalue weighted by molar-refractivity contribution is 0.547. The first-order valence-corrected chi connectivity index (χ1v) is 7.25. The van der Waals surface area contributed by atoms with Crippen molar-refractivity contribution < 1.29 is 0 Å². The molecule has 0 aliphatic rings. The number of rotatable bonds is 5. The molecule has 108 valence electrons. The molecule has 1 atom stereocenters. The Morgan fingerprint density at radius 3 is 2.70 bits per heavy atom. The molecule has 1 unspecified atom stereocenters. The Balaban J connectivity index is 2.29. The highest BCUT2D eigenvalue weighted by Gasteiger charge is 2.19. The van der Waals surface area contributed by atoms with Gasteiger partial charge in [0.05, 0.1) is 28.1 Å². The lowest BCUT2D eigenvalue weighted by Crippen LogP contribution is -2.21. The minimum atomic E-state index is 0.132. The standard InChI is InChI=1S/C15H21ClN4/c1-5-11-15(16)14(20(4)19-11)9-13(17-3)12-8-6-7-10(2)18-12/h6-8,13,17H,5,9H2,1-4H3. The van der Waals surface area contributed by atoms with Crippen molar-refractivity contribution in [2.75, 3.05) is 7.05 Å². The predicted molar refractivity (Wildman–Crippen MR) is 82.1 cm³/mol. The molecule has 4 nitrogen and oxygen atoms in total. The number of aromatic nitrogens is 3. The molecule has 0 saturated heterocycles. The maximum absolute atomic E-state index is 6.42. The third-order valence-corrected chi connectivity index (χ3v) is 3.95. The van der Waals surface area contributed by atoms with Gasteiger partial charge in [0.2, 0.25) is 0 Å². The average molecular weight is 293 g/mol. The van der Waals surface area contributed by atoms with Gasteiger partial charge in [-0.05, 0) is 32.5 Å². The topological polar surface area (TPSA) is 42.7 Å². The fraction of sp³-hybridized carbons (Fsp3) is 0.467. The summed E-state index contributed by atoms with van der Waals surface area (Å²) >= 11 is 6.42. The van der Waals surface area contributed by atoms with Gasteiger partial charge in [-0.25, -0.2) is 0 Å². The molecule has 2 heterocycles. The molecular formula is C15H21ClN4. The Kier molecular flexibility index (Phi) is 4.78. The lowest BCUT2D eigenvalue weighted by atomic mass is 10.1. The molecule has 5 heteroatoms. The van der Waals surface area contributed by atoms with Crippen LogP contribution >= 0.6 is 11.6 Å². The SMILES string of the molecule is CCc1nn(C)c(CC(NC)c2cccc(C)n2)c1Cl. The number of halogens is 1. The number of hydrogen-bond donors (Lipinski definition) is 1. The van der Waals surface area contributed by atoms with Crippen LogP contribution in [0.25, 0.3) is 0 Å². The van der Waals surface area contributed by atoms with Crippen LogP contribution < -0.4 is 5.32 Å². The molecule has 2 rings (SSSR count). The van der Waals surface area contributed by atoms with E-state index < -0.39 is 0 Å². The summed E-state index contributed by atoms with van der Waals surface area (Å²) in [6.45, 7) is 4.07. The van der Waals surface area contributed by atoms with E-state index in [9.17, 15) is 0 Å². The normalized spacial score (nSPS) is 12.7. The van der Waals surface area contributed by atoms with Crippen LogP contribution in [0.3, 0.4) is 0 Å². The molecule has 0 aliphatic carbocycles. The second-order valence-corrected chi connectivity index (χ2v) is 5.31. The van der Waals surface area contributed by atoms with Crippen LogP contribution in [0.15, 0.2) is 18.2 Å². The van der Waals surface area contributed by atoms with Crippen LogP contribution in [0, 0.1) is 6.92 Å². The van der Waals surface area contributed by atoms with Gasteiger partial charge in [0.1, 0.15) is 0 Å². The zero-order valence-corrected chi connectivity index (χ0v) is 13.2. The van der Waals surface area contributed by atoms with E-state index in [4.69, 9.17) is 11.6 Å². The summed E-state index contributed by atoms with van der Waals surface area (Å²) in [4.78, 5) is 4.59. The minimum Gasteiger partial charge on any atom is -0.311 e. The van der Waals surface area contributed by atoms with E-state index in [2.05, 4.69) is 22.3 Å². The molecule has 0 saturated carbocycles. The van der Waals surface area contributed by atoms with E-state index in [0.717, 1.165) is 40.6 Å². The van der Waals surface area contributed by atoms with Crippen molar-refractivity contribution in [3.8, 4) is 0 Å². The Morgan fingerprint density at radius 2 is 2.15 bits per heavy atom. The molecule has 0 amide bonds. The number of hydrogen-bond acceptors (Lipinski definition) is 3. The maximum Gasteiger partial charge on any atom is 0.0850 e. The first-order valence-electron chi connectivity index (χ1n) is 6.87. The zero-order valence-electron chi connectivity index (χ0n) is 12.4. The van der Waals surface area contributed by atoms with Crippen molar-refractivity contribution in [2.45, 2.75) is 32.7 Å². The van der Waals surface area contributed by atoms with E-state index >= 15 is 0 Å². The molecule has 1 N–H and O–H groups in total. The van der Waals surface area contributed by atoms with Gasteiger partial charge in [0.15, 0.2) is 0 Å². The molecule has 0 fully saturated rings. The molecule has 0 bridgehead atoms. The first kappa shape index (κ1) is 15.0. The second kappa shape index (κ2) is 6.37. The van der Waals surface area contributed by atoms with E-state index in [1.165, 1.54) is 0 Å². The van der Waals surface area contributed by atoms with E-state index in [1.54, 1.807) is 0 Å². The number of pyridine rings is 1. The lowest BCUT2D eigenvalue weighted by Gasteiger charge is -2.16. The highest BCUT2D eigenvalue weighted by Crippen LogP contribution is 2.25. The van der Waals surface area contributed by atoms with Crippen LogP contribution in [-0.2, 0) is 19.9 Å². The van der Waals surface area contributed by atoms with Gasteiger partial charge in [0.25, 0.3) is 0 Å². The number of nitrogens with one attached hydrogen (secondary N) is 1. The van der Waals surface area contributed by atoms with Crippen molar-refractivity contribution in [1.82, 2.24) is 20.1 Å². The van der Waals surface area contributed by atoms with Crippen LogP contribution in [0.5, 0.6) is 0 Å². The monoisotopic (exact) mass is 292 g/mol. The highest BCUT2D eigenvalue weighted by molar-refractivity contribution is 6.31. The molecule has 20 heavy (non-hydrogen) atoms. The van der Waals surface area contributed by atoms with E-state index in [0.29, 0.717) is 0 Å². The van der Waals surface area contributed by atoms with Gasteiger partial charge in [-0.2, -0.15) is 5.10 Å². The molecular weight excluding hydrogens is 272 g/mol. The van der Waals surface area contributed by atoms with Gasteiger partial charge in [-0.15, -0.1) is 0 Å². The van der Waals surface area contributed by atoms with E-state index in [1.807, 2.05) is 43.9 Å². The Morgan fingerprint density at radius 1 is 1.40 bits per heavy atom. The Hall–Kier alpha value is -1.39. The summed E-state index contributed by atoms with van der Waals surface area (Å²) in [6, 6.07) is 6.21. The third kappa shape index (κ3) is 3.02. The van der Waals surface area contributed by atoms with Crippen molar-refractivity contribution in [3.63, 3.8) is 0 Å². The Bertz CT molecular complexity index is 592. The van der Waals surface area contributed by atoms with Crippen LogP contribution in [0.4, 0.5) is 0 Å². The van der Waals surface area contributed by atoms with Crippen LogP contribution in [-0.4, -0.2) is 21.8 Å². The second-order valence-electron chi connectivity index (χ2n) is 4.93. The van der Waals surface area contributed by atoms with Gasteiger partial charge in [0, 0.05) is 19.2 Å². The number of likely N-dealkylation sites (N-methyl/N-ethyl adjacent to an activating group) is 1. The number of aryl methyl sites for hydroxylation is 3. The largest absolute Gasteiger partial charge is 0.311 e. The zero-order chi connectivity index (χ0) is 14.7. The molecule has 0 spiro atoms. The van der Waals surface area contributed by atoms with Crippen molar-refractivity contribution in [1.29, 1.82) is 0 Å². The molecule has 0 aliphatic heterocycles. The van der Waals surface area contributed by atoms with Crippen molar-refractivity contribution >= 4 is 11.6 Å². The number of nitrogens with zero attached hydrogens (tertiary/aromatic N) is 3. The van der Waals surface area contributed by atoms with Crippen LogP contribution in [0.1, 0.15) is 35.7 Å². The highest BCUT2D eigenvalue weighted by atomic mass is 35.5. The quantitative estimate of drug-likeness (QED) is 0.921. The first-order chi connectivity index (χ1) is 9.56. The molecule has 2 aromatic rings. The molecule has 0 aromatic carbocycles. The van der Waals surface area contributed by atoms with Crippen molar-refractivity contribution in [3.05, 3.63) is 46.0 Å². The smallest absolute Gasteiger partial charge is 0.0850 e. The summed E-state index contributed by atoms with van der Waals surface area (Å²) in [6.07, 6.45) is 1.62. The predicted octanol–water partition coefficient (Wildman–Crippen LogP) is 2.84. The summed E-state index contributed by atoms with van der Waals surface area (Å²) in [5.74, 6) is 0. The fourth-order valence-corrected chi connectivity index (χ4v) is 2.72. The summed E-state index contributed by atoms with van der Waals surface area (Å²) < 4.78 is 1.88.